The van der Waals surface area contributed by atoms with Gasteiger partial charge in [-0.05, 0) is 55.3 Å². The molecule has 3 amide bonds. The van der Waals surface area contributed by atoms with Crippen molar-refractivity contribution < 1.29 is 9.59 Å². The van der Waals surface area contributed by atoms with Gasteiger partial charge in [-0.3, -0.25) is 15.0 Å². The first-order valence-electron chi connectivity index (χ1n) is 14.1. The third-order valence-electron chi connectivity index (χ3n) is 7.20. The van der Waals surface area contributed by atoms with Crippen LogP contribution in [0.5, 0.6) is 0 Å². The fourth-order valence-corrected chi connectivity index (χ4v) is 4.90. The summed E-state index contributed by atoms with van der Waals surface area (Å²) in [5, 5.41) is 10.7. The van der Waals surface area contributed by atoms with E-state index in [2.05, 4.69) is 36.3 Å². The van der Waals surface area contributed by atoms with Crippen LogP contribution in [0.3, 0.4) is 0 Å². The van der Waals surface area contributed by atoms with Crippen LogP contribution in [0, 0.1) is 6.92 Å². The molecule has 3 aromatic carbocycles. The van der Waals surface area contributed by atoms with Crippen LogP contribution in [0.15, 0.2) is 84.9 Å². The number of nitrogens with one attached hydrogen (secondary N) is 2. The smallest absolute Gasteiger partial charge is 0.311 e. The standard InChI is InChI=1S/C33H38N6O2/c1-24-11-17-28(18-12-24)39-30(21-29(36-39)33(2,3)4)35-32(41)34-26-15-13-25(14-16-26)22-37-19-8-20-38(31(40)23-37)27-9-6-5-7-10-27/h5-7,9-18,21H,8,19-20,22-23H2,1-4H3,(H2,34,35,41). The number of rotatable bonds is 6. The van der Waals surface area contributed by atoms with Gasteiger partial charge >= 0.3 is 6.03 Å². The molecule has 8 heteroatoms. The number of aromatic nitrogens is 2. The molecule has 2 heterocycles. The Morgan fingerprint density at radius 2 is 1.59 bits per heavy atom. The van der Waals surface area contributed by atoms with Crippen LogP contribution in [0.4, 0.5) is 22.0 Å². The predicted octanol–water partition coefficient (Wildman–Crippen LogP) is 6.36. The van der Waals surface area contributed by atoms with Gasteiger partial charge in [-0.25, -0.2) is 9.48 Å². The lowest BCUT2D eigenvalue weighted by molar-refractivity contribution is -0.119. The minimum absolute atomic E-state index is 0.114. The lowest BCUT2D eigenvalue weighted by atomic mass is 9.92. The van der Waals surface area contributed by atoms with Crippen molar-refractivity contribution in [2.45, 2.75) is 46.1 Å². The third-order valence-corrected chi connectivity index (χ3v) is 7.20. The van der Waals surface area contributed by atoms with Crippen molar-refractivity contribution in [3.05, 3.63) is 102 Å². The molecule has 0 spiro atoms. The number of amides is 3. The molecule has 0 atom stereocenters. The Hall–Kier alpha value is -4.43. The third kappa shape index (κ3) is 7.02. The number of hydrogen-bond donors (Lipinski definition) is 2. The van der Waals surface area contributed by atoms with E-state index in [4.69, 9.17) is 5.10 Å². The minimum atomic E-state index is -0.342. The van der Waals surface area contributed by atoms with E-state index >= 15 is 0 Å². The summed E-state index contributed by atoms with van der Waals surface area (Å²) in [5.41, 5.74) is 5.47. The van der Waals surface area contributed by atoms with Gasteiger partial charge in [-0.1, -0.05) is 68.8 Å². The van der Waals surface area contributed by atoms with Crippen LogP contribution in [-0.4, -0.2) is 46.3 Å². The molecule has 212 valence electrons. The average Bonchev–Trinajstić information content (AvgIpc) is 3.28. The number of carbonyl (C=O) groups excluding carboxylic acids is 2. The lowest BCUT2D eigenvalue weighted by Crippen LogP contribution is -2.36. The van der Waals surface area contributed by atoms with Crippen molar-refractivity contribution in [1.82, 2.24) is 14.7 Å². The Morgan fingerprint density at radius 1 is 0.878 bits per heavy atom. The van der Waals surface area contributed by atoms with Crippen molar-refractivity contribution >= 4 is 29.1 Å². The molecule has 4 aromatic rings. The largest absolute Gasteiger partial charge is 0.324 e. The van der Waals surface area contributed by atoms with E-state index in [0.717, 1.165) is 47.7 Å². The van der Waals surface area contributed by atoms with E-state index in [9.17, 15) is 9.59 Å². The average molecular weight is 551 g/mol. The second kappa shape index (κ2) is 12.0. The maximum absolute atomic E-state index is 13.0. The van der Waals surface area contributed by atoms with E-state index < -0.39 is 0 Å². The van der Waals surface area contributed by atoms with Gasteiger partial charge in [0.15, 0.2) is 0 Å². The van der Waals surface area contributed by atoms with Gasteiger partial charge < -0.3 is 10.2 Å². The molecule has 2 N–H and O–H groups in total. The number of aryl methyl sites for hydroxylation is 1. The summed E-state index contributed by atoms with van der Waals surface area (Å²) in [5.74, 6) is 0.714. The summed E-state index contributed by atoms with van der Waals surface area (Å²) in [4.78, 5) is 30.0. The number of hydrogen-bond acceptors (Lipinski definition) is 4. The topological polar surface area (TPSA) is 82.5 Å². The van der Waals surface area contributed by atoms with Crippen LogP contribution >= 0.6 is 0 Å². The molecule has 5 rings (SSSR count). The predicted molar refractivity (Wildman–Crippen MR) is 165 cm³/mol. The van der Waals surface area contributed by atoms with Gasteiger partial charge in [0.2, 0.25) is 5.91 Å². The van der Waals surface area contributed by atoms with Gasteiger partial charge in [0.25, 0.3) is 0 Å². The first-order valence-corrected chi connectivity index (χ1v) is 14.1. The Balaban J connectivity index is 1.21. The highest BCUT2D eigenvalue weighted by Gasteiger charge is 2.23. The number of nitrogens with zero attached hydrogens (tertiary/aromatic N) is 4. The fraction of sp³-hybridized carbons (Fsp3) is 0.303. The molecule has 0 radical (unpaired) electrons. The maximum Gasteiger partial charge on any atom is 0.324 e. The monoisotopic (exact) mass is 550 g/mol. The SMILES string of the molecule is Cc1ccc(-n2nc(C(C)(C)C)cc2NC(=O)Nc2ccc(CN3CCCN(c4ccccc4)C(=O)C3)cc2)cc1. The molecule has 1 fully saturated rings. The van der Waals surface area contributed by atoms with E-state index in [1.807, 2.05) is 96.8 Å². The number of benzene rings is 3. The van der Waals surface area contributed by atoms with Gasteiger partial charge in [0.05, 0.1) is 17.9 Å². The molecule has 1 aromatic heterocycles. The Labute approximate surface area is 242 Å². The highest BCUT2D eigenvalue weighted by molar-refractivity contribution is 5.99. The molecule has 0 saturated carbocycles. The number of carbonyl (C=O) groups is 2. The molecule has 1 aliphatic heterocycles. The molecule has 0 unspecified atom stereocenters. The second-order valence-electron chi connectivity index (χ2n) is 11.6. The van der Waals surface area contributed by atoms with Crippen molar-refractivity contribution in [3.63, 3.8) is 0 Å². The maximum atomic E-state index is 13.0. The number of urea groups is 1. The highest BCUT2D eigenvalue weighted by atomic mass is 16.2. The fourth-order valence-electron chi connectivity index (χ4n) is 4.90. The molecule has 0 aliphatic carbocycles. The number of para-hydroxylation sites is 1. The van der Waals surface area contributed by atoms with E-state index in [0.29, 0.717) is 24.6 Å². The lowest BCUT2D eigenvalue weighted by Gasteiger charge is -2.22. The summed E-state index contributed by atoms with van der Waals surface area (Å²) < 4.78 is 1.77. The summed E-state index contributed by atoms with van der Waals surface area (Å²) >= 11 is 0. The van der Waals surface area contributed by atoms with E-state index in [-0.39, 0.29) is 17.4 Å². The molecule has 0 bridgehead atoms. The number of anilines is 3. The Bertz CT molecular complexity index is 1490. The minimum Gasteiger partial charge on any atom is -0.311 e. The Kier molecular flexibility index (Phi) is 8.21. The normalized spacial score (nSPS) is 14.5. The van der Waals surface area contributed by atoms with E-state index in [1.54, 1.807) is 4.68 Å². The van der Waals surface area contributed by atoms with Crippen molar-refractivity contribution in [2.75, 3.05) is 35.2 Å². The zero-order valence-corrected chi connectivity index (χ0v) is 24.2. The molecular formula is C33H38N6O2. The van der Waals surface area contributed by atoms with Crippen LogP contribution in [0.1, 0.15) is 44.0 Å². The summed E-state index contributed by atoms with van der Waals surface area (Å²) in [6.45, 7) is 11.0. The molecule has 41 heavy (non-hydrogen) atoms. The Morgan fingerprint density at radius 3 is 2.27 bits per heavy atom. The summed E-state index contributed by atoms with van der Waals surface area (Å²) in [6, 6.07) is 27.2. The van der Waals surface area contributed by atoms with Crippen molar-refractivity contribution in [2.24, 2.45) is 0 Å². The zero-order chi connectivity index (χ0) is 29.0. The second-order valence-corrected chi connectivity index (χ2v) is 11.6. The van der Waals surface area contributed by atoms with Crippen LogP contribution in [-0.2, 0) is 16.8 Å². The van der Waals surface area contributed by atoms with Crippen molar-refractivity contribution in [3.8, 4) is 5.69 Å². The molecule has 8 nitrogen and oxygen atoms in total. The molecular weight excluding hydrogens is 512 g/mol. The van der Waals surface area contributed by atoms with Crippen molar-refractivity contribution in [1.29, 1.82) is 0 Å². The van der Waals surface area contributed by atoms with Crippen LogP contribution < -0.4 is 15.5 Å². The first-order chi connectivity index (χ1) is 19.7. The van der Waals surface area contributed by atoms with Gasteiger partial charge in [-0.2, -0.15) is 5.10 Å². The van der Waals surface area contributed by atoms with Gasteiger partial charge in [-0.15, -0.1) is 0 Å². The highest BCUT2D eigenvalue weighted by Crippen LogP contribution is 2.27. The van der Waals surface area contributed by atoms with Gasteiger partial charge in [0, 0.05) is 42.5 Å². The van der Waals surface area contributed by atoms with Crippen LogP contribution in [0.25, 0.3) is 5.69 Å². The summed E-state index contributed by atoms with van der Waals surface area (Å²) in [7, 11) is 0. The quantitative estimate of drug-likeness (QED) is 0.293. The molecule has 1 aliphatic rings. The van der Waals surface area contributed by atoms with Crippen LogP contribution in [0.2, 0.25) is 0 Å². The zero-order valence-electron chi connectivity index (χ0n) is 24.2. The van der Waals surface area contributed by atoms with Gasteiger partial charge in [0.1, 0.15) is 5.82 Å². The summed E-state index contributed by atoms with van der Waals surface area (Å²) in [6.07, 6.45) is 0.913. The first kappa shape index (κ1) is 28.1. The molecule has 1 saturated heterocycles. The van der Waals surface area contributed by atoms with E-state index in [1.165, 1.54) is 0 Å².